The van der Waals surface area contributed by atoms with Crippen LogP contribution in [0.5, 0.6) is 0 Å². The van der Waals surface area contributed by atoms with E-state index in [9.17, 15) is 0 Å². The molecule has 92 valence electrons. The normalized spacial score (nSPS) is 12.9. The van der Waals surface area contributed by atoms with E-state index in [-0.39, 0.29) is 6.04 Å². The molecule has 0 amide bonds. The second-order valence-corrected chi connectivity index (χ2v) is 4.19. The van der Waals surface area contributed by atoms with Crippen LogP contribution in [-0.4, -0.2) is 11.5 Å². The molecule has 0 radical (unpaired) electrons. The van der Waals surface area contributed by atoms with Crippen LogP contribution < -0.4 is 5.32 Å². The van der Waals surface area contributed by atoms with Crippen LogP contribution in [0.15, 0.2) is 27.4 Å². The van der Waals surface area contributed by atoms with Crippen molar-refractivity contribution in [2.75, 3.05) is 6.54 Å². The van der Waals surface area contributed by atoms with Gasteiger partial charge in [-0.2, -0.15) is 0 Å². The maximum atomic E-state index is 5.88. The Morgan fingerprint density at radius 3 is 3.00 bits per heavy atom. The summed E-state index contributed by atoms with van der Waals surface area (Å²) in [4.78, 5) is 4.24. The molecule has 4 nitrogen and oxygen atoms in total. The topological polar surface area (TPSA) is 51.2 Å². The molecule has 0 aliphatic heterocycles. The van der Waals surface area contributed by atoms with E-state index in [4.69, 9.17) is 20.4 Å². The lowest BCUT2D eigenvalue weighted by atomic mass is 10.3. The van der Waals surface area contributed by atoms with Crippen molar-refractivity contribution < 1.29 is 8.83 Å². The zero-order valence-corrected chi connectivity index (χ0v) is 10.6. The van der Waals surface area contributed by atoms with Crippen molar-refractivity contribution in [1.29, 1.82) is 0 Å². The molecule has 0 spiro atoms. The van der Waals surface area contributed by atoms with Gasteiger partial charge in [0.25, 0.3) is 0 Å². The van der Waals surface area contributed by atoms with Crippen LogP contribution >= 0.6 is 11.6 Å². The molecule has 2 heterocycles. The van der Waals surface area contributed by atoms with Gasteiger partial charge < -0.3 is 14.2 Å². The van der Waals surface area contributed by atoms with E-state index in [1.54, 1.807) is 12.3 Å². The lowest BCUT2D eigenvalue weighted by Gasteiger charge is -2.08. The first-order chi connectivity index (χ1) is 8.22. The summed E-state index contributed by atoms with van der Waals surface area (Å²) in [7, 11) is 0. The number of halogens is 1. The maximum Gasteiger partial charge on any atom is 0.211 e. The molecule has 2 aromatic heterocycles. The predicted molar refractivity (Wildman–Crippen MR) is 65.9 cm³/mol. The summed E-state index contributed by atoms with van der Waals surface area (Å²) >= 11 is 5.88. The molecule has 1 atom stereocenters. The number of nitrogens with one attached hydrogen (secondary N) is 1. The molecule has 1 unspecified atom stereocenters. The van der Waals surface area contributed by atoms with Crippen LogP contribution in [-0.2, 0) is 0 Å². The minimum atomic E-state index is 0.0920. The van der Waals surface area contributed by atoms with Crippen LogP contribution in [0.4, 0.5) is 0 Å². The lowest BCUT2D eigenvalue weighted by molar-refractivity contribution is 0.423. The van der Waals surface area contributed by atoms with E-state index >= 15 is 0 Å². The molecule has 5 heteroatoms. The summed E-state index contributed by atoms with van der Waals surface area (Å²) in [6, 6.07) is 1.85. The van der Waals surface area contributed by atoms with Gasteiger partial charge in [-0.1, -0.05) is 6.92 Å². The monoisotopic (exact) mass is 254 g/mol. The molecule has 0 saturated heterocycles. The Morgan fingerprint density at radius 2 is 2.35 bits per heavy atom. The number of nitrogens with zero attached hydrogens (tertiary/aromatic N) is 1. The van der Waals surface area contributed by atoms with Gasteiger partial charge in [0, 0.05) is 0 Å². The molecule has 0 aliphatic carbocycles. The first-order valence-electron chi connectivity index (χ1n) is 5.64. The summed E-state index contributed by atoms with van der Waals surface area (Å²) in [5.41, 5.74) is 0.730. The maximum absolute atomic E-state index is 5.88. The quantitative estimate of drug-likeness (QED) is 0.885. The van der Waals surface area contributed by atoms with E-state index < -0.39 is 0 Å². The van der Waals surface area contributed by atoms with Gasteiger partial charge >= 0.3 is 0 Å². The Hall–Kier alpha value is -1.26. The van der Waals surface area contributed by atoms with Gasteiger partial charge in [-0.3, -0.25) is 0 Å². The molecule has 0 bridgehead atoms. The molecule has 2 rings (SSSR count). The highest BCUT2D eigenvalue weighted by atomic mass is 35.5. The van der Waals surface area contributed by atoms with Crippen LogP contribution in [0, 0.1) is 0 Å². The second-order valence-electron chi connectivity index (χ2n) is 3.85. The number of furan rings is 1. The molecule has 17 heavy (non-hydrogen) atoms. The first kappa shape index (κ1) is 12.2. The van der Waals surface area contributed by atoms with Crippen molar-refractivity contribution in [3.05, 3.63) is 29.6 Å². The fraction of sp³-hybridized carbons (Fsp3) is 0.417. The molecular formula is C12H15ClN2O2. The summed E-state index contributed by atoms with van der Waals surface area (Å²) in [5, 5.41) is 3.63. The van der Waals surface area contributed by atoms with Crippen LogP contribution in [0.1, 0.15) is 32.2 Å². The summed E-state index contributed by atoms with van der Waals surface area (Å²) in [6.45, 7) is 5.07. The van der Waals surface area contributed by atoms with Crippen molar-refractivity contribution in [3.63, 3.8) is 0 Å². The SMILES string of the molecule is CCCNC(C)c1ncc(-c2ccoc2Cl)o1. The van der Waals surface area contributed by atoms with E-state index in [1.165, 1.54) is 6.26 Å². The highest BCUT2D eigenvalue weighted by Gasteiger charge is 2.15. The fourth-order valence-electron chi connectivity index (χ4n) is 1.53. The number of hydrogen-bond donors (Lipinski definition) is 1. The van der Waals surface area contributed by atoms with Crippen molar-refractivity contribution in [1.82, 2.24) is 10.3 Å². The standard InChI is InChI=1S/C12H15ClN2O2/c1-3-5-14-8(2)12-15-7-10(17-12)9-4-6-16-11(9)13/h4,6-8,14H,3,5H2,1-2H3. The number of rotatable bonds is 5. The predicted octanol–water partition coefficient (Wildman–Crippen LogP) is 3.65. The average molecular weight is 255 g/mol. The van der Waals surface area contributed by atoms with Crippen LogP contribution in [0.2, 0.25) is 5.22 Å². The number of oxazole rings is 1. The van der Waals surface area contributed by atoms with Crippen molar-refractivity contribution in [3.8, 4) is 11.3 Å². The largest absolute Gasteiger partial charge is 0.452 e. The summed E-state index contributed by atoms with van der Waals surface area (Å²) in [5.74, 6) is 1.29. The third kappa shape index (κ3) is 2.70. The van der Waals surface area contributed by atoms with Crippen molar-refractivity contribution >= 4 is 11.6 Å². The van der Waals surface area contributed by atoms with E-state index in [1.807, 2.05) is 6.92 Å². The molecule has 0 fully saturated rings. The molecule has 0 aliphatic rings. The Morgan fingerprint density at radius 1 is 1.53 bits per heavy atom. The Bertz CT molecular complexity index is 478. The van der Waals surface area contributed by atoms with Crippen LogP contribution in [0.25, 0.3) is 11.3 Å². The fourth-order valence-corrected chi connectivity index (χ4v) is 1.74. The van der Waals surface area contributed by atoms with Crippen molar-refractivity contribution in [2.24, 2.45) is 0 Å². The zero-order chi connectivity index (χ0) is 12.3. The first-order valence-corrected chi connectivity index (χ1v) is 6.02. The minimum absolute atomic E-state index is 0.0920. The second kappa shape index (κ2) is 5.38. The van der Waals surface area contributed by atoms with Gasteiger partial charge in [-0.15, -0.1) is 0 Å². The van der Waals surface area contributed by atoms with Crippen molar-refractivity contribution in [2.45, 2.75) is 26.3 Å². The molecule has 2 aromatic rings. The smallest absolute Gasteiger partial charge is 0.211 e. The molecule has 0 saturated carbocycles. The molecule has 1 N–H and O–H groups in total. The minimum Gasteiger partial charge on any atom is -0.452 e. The summed E-state index contributed by atoms with van der Waals surface area (Å²) in [6.07, 6.45) is 4.26. The van der Waals surface area contributed by atoms with Gasteiger partial charge in [-0.25, -0.2) is 4.98 Å². The highest BCUT2D eigenvalue weighted by Crippen LogP contribution is 2.30. The molecular weight excluding hydrogens is 240 g/mol. The third-order valence-electron chi connectivity index (χ3n) is 2.48. The molecule has 0 aromatic carbocycles. The van der Waals surface area contributed by atoms with E-state index in [0.717, 1.165) is 18.5 Å². The average Bonchev–Trinajstić information content (AvgIpc) is 2.93. The summed E-state index contributed by atoms with van der Waals surface area (Å²) < 4.78 is 10.7. The van der Waals surface area contributed by atoms with E-state index in [0.29, 0.717) is 16.9 Å². The van der Waals surface area contributed by atoms with Gasteiger partial charge in [0.05, 0.1) is 24.1 Å². The van der Waals surface area contributed by atoms with Gasteiger partial charge in [0.1, 0.15) is 0 Å². The van der Waals surface area contributed by atoms with Gasteiger partial charge in [-0.05, 0) is 37.6 Å². The number of hydrogen-bond acceptors (Lipinski definition) is 4. The Balaban J connectivity index is 2.13. The highest BCUT2D eigenvalue weighted by molar-refractivity contribution is 6.31. The lowest BCUT2D eigenvalue weighted by Crippen LogP contribution is -2.19. The van der Waals surface area contributed by atoms with Gasteiger partial charge in [0.15, 0.2) is 5.76 Å². The van der Waals surface area contributed by atoms with Crippen LogP contribution in [0.3, 0.4) is 0 Å². The Labute approximate surface area is 105 Å². The van der Waals surface area contributed by atoms with Gasteiger partial charge in [0.2, 0.25) is 11.1 Å². The zero-order valence-electron chi connectivity index (χ0n) is 9.87. The number of aromatic nitrogens is 1. The third-order valence-corrected chi connectivity index (χ3v) is 2.77. The van der Waals surface area contributed by atoms with E-state index in [2.05, 4.69) is 17.2 Å². The Kier molecular flexibility index (Phi) is 3.86.